The van der Waals surface area contributed by atoms with E-state index in [2.05, 4.69) is 0 Å². The van der Waals surface area contributed by atoms with Crippen molar-refractivity contribution >= 4 is 0 Å². The zero-order chi connectivity index (χ0) is 5.86. The normalized spacial score (nSPS) is 9.75. The van der Waals surface area contributed by atoms with E-state index in [1.807, 2.05) is 27.7 Å². The minimum Gasteiger partial charge on any atom is -0.376 e. The second-order valence-electron chi connectivity index (χ2n) is 2.23. The number of rotatable bonds is 2. The van der Waals surface area contributed by atoms with Crippen molar-refractivity contribution in [1.82, 2.24) is 0 Å². The molecule has 0 saturated heterocycles. The molecule has 0 bridgehead atoms. The van der Waals surface area contributed by atoms with Crippen LogP contribution in [0.3, 0.4) is 0 Å². The molecule has 0 aromatic rings. The van der Waals surface area contributed by atoms with Gasteiger partial charge in [-0.15, -0.1) is 0 Å². The van der Waals surface area contributed by atoms with E-state index in [1.54, 1.807) is 0 Å². The van der Waals surface area contributed by atoms with Gasteiger partial charge in [0, 0.05) is 17.1 Å². The molecule has 0 N–H and O–H groups in total. The van der Waals surface area contributed by atoms with Crippen LogP contribution in [0.2, 0.25) is 0 Å². The molecule has 0 spiro atoms. The molecule has 0 aliphatic rings. The maximum Gasteiger partial charge on any atom is 0.0522 e. The van der Waals surface area contributed by atoms with Gasteiger partial charge in [-0.1, -0.05) is 0 Å². The van der Waals surface area contributed by atoms with Crippen LogP contribution < -0.4 is 0 Å². The average Bonchev–Trinajstić information content (AvgIpc) is 1.27. The van der Waals surface area contributed by atoms with Crippen molar-refractivity contribution in [2.75, 3.05) is 0 Å². The summed E-state index contributed by atoms with van der Waals surface area (Å²) < 4.78 is 5.25. The Hall–Kier alpha value is 0.479. The summed E-state index contributed by atoms with van der Waals surface area (Å²) in [6, 6.07) is 0. The third kappa shape index (κ3) is 9.70. The molecule has 1 radical (unpaired) electrons. The first-order chi connectivity index (χ1) is 3.13. The van der Waals surface area contributed by atoms with E-state index in [9.17, 15) is 0 Å². The smallest absolute Gasteiger partial charge is 0.0522 e. The molecule has 0 aliphatic carbocycles. The zero-order valence-electron chi connectivity index (χ0n) is 5.94. The summed E-state index contributed by atoms with van der Waals surface area (Å²) >= 11 is 0. The Bertz CT molecular complexity index is 37.8. The molecule has 0 atom stereocenters. The Morgan fingerprint density at radius 2 is 1.12 bits per heavy atom. The van der Waals surface area contributed by atoms with E-state index >= 15 is 0 Å². The van der Waals surface area contributed by atoms with Gasteiger partial charge >= 0.3 is 0 Å². The molecular weight excluding hydrogens is 143 g/mol. The van der Waals surface area contributed by atoms with Gasteiger partial charge in [-0.05, 0) is 27.7 Å². The summed E-state index contributed by atoms with van der Waals surface area (Å²) in [5.41, 5.74) is 0. The summed E-state index contributed by atoms with van der Waals surface area (Å²) in [6.45, 7) is 8.17. The zero-order valence-corrected chi connectivity index (χ0v) is 7.12. The molecule has 0 aliphatic heterocycles. The first-order valence-corrected chi connectivity index (χ1v) is 2.78. The van der Waals surface area contributed by atoms with Crippen LogP contribution in [-0.4, -0.2) is 12.2 Å². The van der Waals surface area contributed by atoms with Gasteiger partial charge in [-0.3, -0.25) is 0 Å². The molecule has 0 aromatic heterocycles. The number of ether oxygens (including phenoxy) is 1. The maximum atomic E-state index is 5.25. The van der Waals surface area contributed by atoms with Crippen molar-refractivity contribution in [2.24, 2.45) is 0 Å². The average molecular weight is 157 g/mol. The van der Waals surface area contributed by atoms with E-state index in [0.717, 1.165) is 0 Å². The van der Waals surface area contributed by atoms with Crippen LogP contribution in [0, 0.1) is 0 Å². The van der Waals surface area contributed by atoms with Crippen LogP contribution in [0.15, 0.2) is 0 Å². The molecule has 8 heavy (non-hydrogen) atoms. The van der Waals surface area contributed by atoms with Gasteiger partial charge in [0.15, 0.2) is 0 Å². The summed E-state index contributed by atoms with van der Waals surface area (Å²) in [6.07, 6.45) is 0.750. The van der Waals surface area contributed by atoms with Crippen molar-refractivity contribution in [1.29, 1.82) is 0 Å². The molecule has 0 unspecified atom stereocenters. The molecule has 51 valence electrons. The van der Waals surface area contributed by atoms with Crippen LogP contribution >= 0.6 is 0 Å². The quantitative estimate of drug-likeness (QED) is 0.555. The minimum atomic E-state index is 0. The first kappa shape index (κ1) is 11.3. The topological polar surface area (TPSA) is 9.23 Å². The SMILES string of the molecule is CC(C)OC(C)C.[Mn]. The van der Waals surface area contributed by atoms with Gasteiger partial charge in [0.25, 0.3) is 0 Å². The fourth-order valence-corrected chi connectivity index (χ4v) is 0.544. The summed E-state index contributed by atoms with van der Waals surface area (Å²) in [4.78, 5) is 0. The van der Waals surface area contributed by atoms with Crippen LogP contribution in [0.5, 0.6) is 0 Å². The van der Waals surface area contributed by atoms with Crippen LogP contribution in [0.4, 0.5) is 0 Å². The monoisotopic (exact) mass is 157 g/mol. The van der Waals surface area contributed by atoms with E-state index in [-0.39, 0.29) is 17.1 Å². The third-order valence-electron chi connectivity index (χ3n) is 0.544. The van der Waals surface area contributed by atoms with Crippen LogP contribution in [0.25, 0.3) is 0 Å². The number of hydrogen-bond acceptors (Lipinski definition) is 1. The van der Waals surface area contributed by atoms with Gasteiger partial charge in [-0.2, -0.15) is 0 Å². The molecule has 0 heterocycles. The van der Waals surface area contributed by atoms with E-state index in [4.69, 9.17) is 4.74 Å². The third-order valence-corrected chi connectivity index (χ3v) is 0.544. The van der Waals surface area contributed by atoms with Gasteiger partial charge in [0.1, 0.15) is 0 Å². The minimum absolute atomic E-state index is 0. The van der Waals surface area contributed by atoms with Crippen molar-refractivity contribution in [3.8, 4) is 0 Å². The van der Waals surface area contributed by atoms with Gasteiger partial charge < -0.3 is 4.74 Å². The molecular formula is C6H14MnO. The fraction of sp³-hybridized carbons (Fsp3) is 1.00. The molecule has 0 fully saturated rings. The van der Waals surface area contributed by atoms with Crippen LogP contribution in [-0.2, 0) is 21.8 Å². The van der Waals surface area contributed by atoms with E-state index < -0.39 is 0 Å². The predicted octanol–water partition coefficient (Wildman–Crippen LogP) is 1.82. The van der Waals surface area contributed by atoms with Crippen molar-refractivity contribution in [3.63, 3.8) is 0 Å². The largest absolute Gasteiger partial charge is 0.376 e. The van der Waals surface area contributed by atoms with Crippen molar-refractivity contribution in [2.45, 2.75) is 39.9 Å². The second-order valence-corrected chi connectivity index (χ2v) is 2.23. The molecule has 2 heteroatoms. The maximum absolute atomic E-state index is 5.25. The second kappa shape index (κ2) is 5.61. The molecule has 0 aromatic carbocycles. The van der Waals surface area contributed by atoms with Crippen LogP contribution in [0.1, 0.15) is 27.7 Å². The Labute approximate surface area is 62.3 Å². The molecule has 0 rings (SSSR count). The summed E-state index contributed by atoms with van der Waals surface area (Å²) in [5.74, 6) is 0. The van der Waals surface area contributed by atoms with Gasteiger partial charge in [-0.25, -0.2) is 0 Å². The standard InChI is InChI=1S/C6H14O.Mn/c1-5(2)7-6(3)4;/h5-6H,1-4H3;. The summed E-state index contributed by atoms with van der Waals surface area (Å²) in [5, 5.41) is 0. The Morgan fingerprint density at radius 3 is 1.12 bits per heavy atom. The Balaban J connectivity index is 0. The van der Waals surface area contributed by atoms with E-state index in [1.165, 1.54) is 0 Å². The van der Waals surface area contributed by atoms with Gasteiger partial charge in [0.2, 0.25) is 0 Å². The van der Waals surface area contributed by atoms with E-state index in [0.29, 0.717) is 12.2 Å². The van der Waals surface area contributed by atoms with Crippen molar-refractivity contribution < 1.29 is 21.8 Å². The first-order valence-electron chi connectivity index (χ1n) is 2.78. The van der Waals surface area contributed by atoms with Crippen molar-refractivity contribution in [3.05, 3.63) is 0 Å². The molecule has 0 saturated carbocycles. The fourth-order valence-electron chi connectivity index (χ4n) is 0.544. The molecule has 0 amide bonds. The Kier molecular flexibility index (Phi) is 7.93. The Morgan fingerprint density at radius 1 is 0.875 bits per heavy atom. The number of hydrogen-bond donors (Lipinski definition) is 0. The van der Waals surface area contributed by atoms with Gasteiger partial charge in [0.05, 0.1) is 12.2 Å². The summed E-state index contributed by atoms with van der Waals surface area (Å²) in [7, 11) is 0. The molecule has 1 nitrogen and oxygen atoms in total. The predicted molar refractivity (Wildman–Crippen MR) is 31.4 cm³/mol.